The Morgan fingerprint density at radius 3 is 0.886 bits per heavy atom. The topological polar surface area (TPSA) is 74.6 Å². The molecule has 0 radical (unpaired) electrons. The second kappa shape index (κ2) is 37.1. The molecule has 0 aliphatic heterocycles. The van der Waals surface area contributed by atoms with Gasteiger partial charge in [-0.25, -0.2) is 4.79 Å². The molecule has 6 heteroatoms. The Bertz CT molecular complexity index is 567. The average Bonchev–Trinajstić information content (AvgIpc) is 3.00. The van der Waals surface area contributed by atoms with Gasteiger partial charge < -0.3 is 10.2 Å². The molecule has 2 N–H and O–H groups in total. The lowest BCUT2D eigenvalue weighted by atomic mass is 10.1. The van der Waals surface area contributed by atoms with Crippen LogP contribution in [0.25, 0.3) is 0 Å². The molecule has 0 atom stereocenters. The summed E-state index contributed by atoms with van der Waals surface area (Å²) < 4.78 is -0.631. The molecule has 0 amide bonds. The van der Waals surface area contributed by atoms with E-state index >= 15 is 0 Å². The zero-order valence-corrected chi connectivity index (χ0v) is 31.6. The van der Waals surface area contributed by atoms with Gasteiger partial charge in [0.2, 0.25) is 0 Å². The van der Waals surface area contributed by atoms with Gasteiger partial charge in [-0.3, -0.25) is 4.79 Å². The highest BCUT2D eigenvalue weighted by Gasteiger charge is 2.37. The number of unbranched alkanes of at least 4 members (excludes halogenated alkanes) is 24. The van der Waals surface area contributed by atoms with Gasteiger partial charge in [-0.2, -0.15) is 0 Å². The third-order valence-corrected chi connectivity index (χ3v) is 12.0. The van der Waals surface area contributed by atoms with Crippen LogP contribution < -0.4 is 0 Å². The summed E-state index contributed by atoms with van der Waals surface area (Å²) in [5, 5.41) is 17.9. The van der Waals surface area contributed by atoms with Gasteiger partial charge in [0, 0.05) is 6.42 Å². The molecule has 4 nitrogen and oxygen atoms in total. The summed E-state index contributed by atoms with van der Waals surface area (Å²) in [5.74, 6) is 0.657. The van der Waals surface area contributed by atoms with Gasteiger partial charge in [0.1, 0.15) is 0 Å². The van der Waals surface area contributed by atoms with Crippen molar-refractivity contribution in [2.24, 2.45) is 0 Å². The molecular weight excluding hydrogens is 585 g/mol. The molecule has 0 aromatic rings. The van der Waals surface area contributed by atoms with Crippen LogP contribution in [0.4, 0.5) is 0 Å². The first-order chi connectivity index (χ1) is 21.4. The first kappa shape index (κ1) is 45.8. The zero-order chi connectivity index (χ0) is 33.0. The normalized spacial score (nSPS) is 11.4. The monoisotopic (exact) mass is 661 g/mol. The van der Waals surface area contributed by atoms with Gasteiger partial charge in [-0.15, -0.1) is 23.5 Å². The van der Waals surface area contributed by atoms with Crippen LogP contribution in [0.3, 0.4) is 0 Å². The van der Waals surface area contributed by atoms with Gasteiger partial charge in [-0.1, -0.05) is 182 Å². The molecular formula is C38H76O4S2. The predicted octanol–water partition coefficient (Wildman–Crippen LogP) is 13.7. The lowest BCUT2D eigenvalue weighted by molar-refractivity contribution is -0.138. The van der Waals surface area contributed by atoms with Crippen molar-refractivity contribution in [1.82, 2.24) is 0 Å². The molecule has 0 aromatic carbocycles. The predicted molar refractivity (Wildman–Crippen MR) is 200 cm³/mol. The number of carboxylic acid groups (broad SMARTS) is 2. The van der Waals surface area contributed by atoms with Gasteiger partial charge in [0.25, 0.3) is 0 Å². The van der Waals surface area contributed by atoms with Crippen molar-refractivity contribution in [2.75, 3.05) is 11.5 Å². The van der Waals surface area contributed by atoms with Crippen molar-refractivity contribution < 1.29 is 19.8 Å². The SMILES string of the molecule is CCCC(=O)O.CCCCCCCCCCCCCCCSC(CC)(SCCCCCCCCCCCCCCC)C(=O)O. The van der Waals surface area contributed by atoms with E-state index in [2.05, 4.69) is 20.8 Å². The largest absolute Gasteiger partial charge is 0.481 e. The molecule has 264 valence electrons. The minimum atomic E-state index is -0.711. The van der Waals surface area contributed by atoms with Crippen LogP contribution in [0, 0.1) is 0 Å². The Morgan fingerprint density at radius 1 is 0.432 bits per heavy atom. The summed E-state index contributed by atoms with van der Waals surface area (Å²) in [4.78, 5) is 21.7. The number of hydrogen-bond donors (Lipinski definition) is 2. The Balaban J connectivity index is 0. The van der Waals surface area contributed by atoms with Crippen molar-refractivity contribution in [2.45, 2.75) is 218 Å². The maximum absolute atomic E-state index is 12.1. The van der Waals surface area contributed by atoms with Crippen LogP contribution in [0.2, 0.25) is 0 Å². The molecule has 0 aromatic heterocycles. The Kier molecular flexibility index (Phi) is 38.6. The number of carbonyl (C=O) groups is 2. The number of carboxylic acids is 2. The van der Waals surface area contributed by atoms with Crippen LogP contribution in [0.1, 0.15) is 214 Å². The molecule has 0 spiro atoms. The Labute approximate surface area is 283 Å². The van der Waals surface area contributed by atoms with E-state index in [9.17, 15) is 14.7 Å². The third-order valence-electron chi connectivity index (χ3n) is 8.42. The summed E-state index contributed by atoms with van der Waals surface area (Å²) in [6.07, 6.45) is 37.2. The zero-order valence-electron chi connectivity index (χ0n) is 29.9. The number of thioether (sulfide) groups is 2. The van der Waals surface area contributed by atoms with Gasteiger partial charge in [0.05, 0.1) is 0 Å². The molecule has 0 saturated heterocycles. The van der Waals surface area contributed by atoms with Crippen molar-refractivity contribution in [1.29, 1.82) is 0 Å². The highest BCUT2D eigenvalue weighted by atomic mass is 32.2. The van der Waals surface area contributed by atoms with Crippen LogP contribution in [-0.4, -0.2) is 37.7 Å². The van der Waals surface area contributed by atoms with Crippen LogP contribution in [0.15, 0.2) is 0 Å². The summed E-state index contributed by atoms with van der Waals surface area (Å²) in [5.41, 5.74) is 0. The molecule has 0 bridgehead atoms. The highest BCUT2D eigenvalue weighted by Crippen LogP contribution is 2.41. The second-order valence-electron chi connectivity index (χ2n) is 12.7. The first-order valence-corrected chi connectivity index (χ1v) is 21.1. The Hall–Kier alpha value is -0.360. The van der Waals surface area contributed by atoms with Crippen LogP contribution >= 0.6 is 23.5 Å². The highest BCUT2D eigenvalue weighted by molar-refractivity contribution is 8.19. The van der Waals surface area contributed by atoms with E-state index in [0.29, 0.717) is 12.8 Å². The maximum Gasteiger partial charge on any atom is 0.330 e. The van der Waals surface area contributed by atoms with E-state index < -0.39 is 16.0 Å². The van der Waals surface area contributed by atoms with Gasteiger partial charge in [-0.05, 0) is 37.2 Å². The molecule has 0 saturated carbocycles. The molecule has 0 aliphatic carbocycles. The quantitative estimate of drug-likeness (QED) is 0.0528. The summed E-state index contributed by atoms with van der Waals surface area (Å²) >= 11 is 3.42. The second-order valence-corrected chi connectivity index (χ2v) is 15.8. The molecule has 0 unspecified atom stereocenters. The van der Waals surface area contributed by atoms with Crippen molar-refractivity contribution in [3.05, 3.63) is 0 Å². The van der Waals surface area contributed by atoms with Crippen molar-refractivity contribution in [3.8, 4) is 0 Å². The fourth-order valence-corrected chi connectivity index (χ4v) is 8.29. The van der Waals surface area contributed by atoms with E-state index in [1.165, 1.54) is 154 Å². The molecule has 0 aliphatic rings. The van der Waals surface area contributed by atoms with Crippen molar-refractivity contribution >= 4 is 35.5 Å². The molecule has 44 heavy (non-hydrogen) atoms. The summed E-state index contributed by atoms with van der Waals surface area (Å²) in [7, 11) is 0. The summed E-state index contributed by atoms with van der Waals surface area (Å²) in [6.45, 7) is 8.47. The van der Waals surface area contributed by atoms with Gasteiger partial charge >= 0.3 is 11.9 Å². The van der Waals surface area contributed by atoms with Crippen molar-refractivity contribution in [3.63, 3.8) is 0 Å². The number of hydrogen-bond acceptors (Lipinski definition) is 4. The van der Waals surface area contributed by atoms with E-state index in [0.717, 1.165) is 30.8 Å². The summed E-state index contributed by atoms with van der Waals surface area (Å²) in [6, 6.07) is 0. The van der Waals surface area contributed by atoms with E-state index in [1.807, 2.05) is 6.92 Å². The first-order valence-electron chi connectivity index (χ1n) is 19.1. The lowest BCUT2D eigenvalue weighted by Gasteiger charge is -2.27. The Morgan fingerprint density at radius 2 is 0.705 bits per heavy atom. The standard InChI is InChI=1S/C34H68O2S2.C4H8O2/c1-4-7-9-11-13-15-17-19-21-23-25-27-29-31-37-34(6-3,33(35)36)38-32-30-28-26-24-22-20-18-16-14-12-10-8-5-2;1-2-3-4(5)6/h4-32H2,1-3H3,(H,35,36);2-3H2,1H3,(H,5,6). The molecule has 0 rings (SSSR count). The van der Waals surface area contributed by atoms with Crippen LogP contribution in [0.5, 0.6) is 0 Å². The van der Waals surface area contributed by atoms with Gasteiger partial charge in [0.15, 0.2) is 4.08 Å². The molecule has 0 fully saturated rings. The average molecular weight is 661 g/mol. The van der Waals surface area contributed by atoms with E-state index in [1.54, 1.807) is 23.5 Å². The smallest absolute Gasteiger partial charge is 0.330 e. The molecule has 0 heterocycles. The van der Waals surface area contributed by atoms with E-state index in [-0.39, 0.29) is 0 Å². The third kappa shape index (κ3) is 33.0. The van der Waals surface area contributed by atoms with Crippen LogP contribution in [-0.2, 0) is 9.59 Å². The maximum atomic E-state index is 12.1. The van der Waals surface area contributed by atoms with E-state index in [4.69, 9.17) is 5.11 Å². The lowest BCUT2D eigenvalue weighted by Crippen LogP contribution is -2.31. The minimum absolute atomic E-state index is 0.292. The number of aliphatic carboxylic acids is 2. The minimum Gasteiger partial charge on any atom is -0.481 e. The fraction of sp³-hybridized carbons (Fsp3) is 0.947. The fourth-order valence-electron chi connectivity index (χ4n) is 5.45. The number of rotatable bonds is 34.